The maximum Gasteiger partial charge on any atom is 0.372 e. The van der Waals surface area contributed by atoms with E-state index < -0.39 is 5.97 Å². The van der Waals surface area contributed by atoms with E-state index in [2.05, 4.69) is 11.9 Å². The zero-order valence-electron chi connectivity index (χ0n) is 7.73. The number of hydrogen-bond acceptors (Lipinski definition) is 5. The van der Waals surface area contributed by atoms with Crippen molar-refractivity contribution in [2.24, 2.45) is 0 Å². The van der Waals surface area contributed by atoms with Crippen molar-refractivity contribution >= 4 is 17.3 Å². The van der Waals surface area contributed by atoms with Gasteiger partial charge in [-0.15, -0.1) is 11.3 Å². The molecule has 0 aliphatic heterocycles. The third-order valence-electron chi connectivity index (χ3n) is 1.33. The lowest BCUT2D eigenvalue weighted by Gasteiger charge is -2.03. The molecule has 0 amide bonds. The fourth-order valence-electron chi connectivity index (χ4n) is 0.752. The lowest BCUT2D eigenvalue weighted by molar-refractivity contribution is 0.0605. The van der Waals surface area contributed by atoms with Gasteiger partial charge < -0.3 is 9.47 Å². The van der Waals surface area contributed by atoms with Gasteiger partial charge in [0.15, 0.2) is 0 Å². The second-order valence-electron chi connectivity index (χ2n) is 2.30. The van der Waals surface area contributed by atoms with Crippen LogP contribution in [0.1, 0.15) is 16.2 Å². The Morgan fingerprint density at radius 3 is 3.07 bits per heavy atom. The number of thiazole rings is 1. The smallest absolute Gasteiger partial charge is 0.372 e. The van der Waals surface area contributed by atoms with Gasteiger partial charge in [-0.05, 0) is 6.92 Å². The van der Waals surface area contributed by atoms with Crippen molar-refractivity contribution in [3.8, 4) is 0 Å². The molecule has 1 aromatic rings. The molecule has 0 aliphatic carbocycles. The maximum atomic E-state index is 11.4. The molecule has 0 fully saturated rings. The highest BCUT2D eigenvalue weighted by molar-refractivity contribution is 7.11. The first-order chi connectivity index (χ1) is 6.77. The van der Waals surface area contributed by atoms with Crippen molar-refractivity contribution in [2.45, 2.75) is 6.42 Å². The van der Waals surface area contributed by atoms with Crippen LogP contribution in [0.5, 0.6) is 0 Å². The van der Waals surface area contributed by atoms with Gasteiger partial charge in [-0.1, -0.05) is 0 Å². The normalized spacial score (nSPS) is 11.1. The number of carbonyl (C=O) groups is 1. The lowest BCUT2D eigenvalue weighted by Crippen LogP contribution is -2.04. The molecule has 0 unspecified atom stereocenters. The van der Waals surface area contributed by atoms with Gasteiger partial charge in [0.2, 0.25) is 5.01 Å². The number of carbonyl (C=O) groups excluding carboxylic acids is 1. The molecule has 1 heterocycles. The van der Waals surface area contributed by atoms with Gasteiger partial charge in [-0.2, -0.15) is 0 Å². The minimum Gasteiger partial charge on any atom is -0.501 e. The van der Waals surface area contributed by atoms with E-state index in [-0.39, 0.29) is 0 Å². The van der Waals surface area contributed by atoms with Crippen molar-refractivity contribution < 1.29 is 14.3 Å². The highest BCUT2D eigenvalue weighted by atomic mass is 32.1. The van der Waals surface area contributed by atoms with Crippen LogP contribution in [-0.2, 0) is 9.47 Å². The molecule has 1 aromatic heterocycles. The molecule has 0 aromatic carbocycles. The number of allylic oxidation sites excluding steroid dienone is 1. The summed E-state index contributed by atoms with van der Waals surface area (Å²) in [7, 11) is 1.48. The second-order valence-corrected chi connectivity index (χ2v) is 3.19. The second kappa shape index (κ2) is 5.39. The summed E-state index contributed by atoms with van der Waals surface area (Å²) in [6.45, 7) is 3.60. The average molecular weight is 212 g/mol. The standard InChI is InChI=1S/C9H10NO3S/c1-3-7(6-12-2)13-9(11)8-10-4-5-14-8/h4-6H,1,3H2,2H3/b7-6+. The average Bonchev–Trinajstić information content (AvgIpc) is 2.69. The minimum atomic E-state index is -0.480. The van der Waals surface area contributed by atoms with Crippen LogP contribution >= 0.6 is 11.3 Å². The van der Waals surface area contributed by atoms with E-state index in [1.807, 2.05) is 0 Å². The molecule has 14 heavy (non-hydrogen) atoms. The van der Waals surface area contributed by atoms with Crippen LogP contribution in [0.3, 0.4) is 0 Å². The van der Waals surface area contributed by atoms with E-state index in [0.29, 0.717) is 17.2 Å². The summed E-state index contributed by atoms with van der Waals surface area (Å²) in [6.07, 6.45) is 3.24. The number of methoxy groups -OCH3 is 1. The zero-order chi connectivity index (χ0) is 10.4. The van der Waals surface area contributed by atoms with Gasteiger partial charge in [-0.3, -0.25) is 0 Å². The molecule has 0 N–H and O–H groups in total. The third-order valence-corrected chi connectivity index (χ3v) is 2.08. The molecule has 0 atom stereocenters. The predicted molar refractivity (Wildman–Crippen MR) is 52.6 cm³/mol. The molecule has 0 bridgehead atoms. The van der Waals surface area contributed by atoms with Gasteiger partial charge in [-0.25, -0.2) is 9.78 Å². The monoisotopic (exact) mass is 212 g/mol. The Labute approximate surface area is 86.2 Å². The highest BCUT2D eigenvalue weighted by Gasteiger charge is 2.11. The number of ether oxygens (including phenoxy) is 2. The van der Waals surface area contributed by atoms with E-state index in [9.17, 15) is 4.79 Å². The van der Waals surface area contributed by atoms with Gasteiger partial charge in [0, 0.05) is 18.0 Å². The fraction of sp³-hybridized carbons (Fsp3) is 0.222. The van der Waals surface area contributed by atoms with Crippen molar-refractivity contribution in [1.82, 2.24) is 4.98 Å². The molecule has 0 saturated heterocycles. The maximum absolute atomic E-state index is 11.4. The summed E-state index contributed by atoms with van der Waals surface area (Å²) in [5.41, 5.74) is 0. The van der Waals surface area contributed by atoms with Crippen molar-refractivity contribution in [1.29, 1.82) is 0 Å². The highest BCUT2D eigenvalue weighted by Crippen LogP contribution is 2.10. The molecule has 0 aliphatic rings. The van der Waals surface area contributed by atoms with E-state index in [1.165, 1.54) is 24.7 Å². The van der Waals surface area contributed by atoms with Gasteiger partial charge in [0.05, 0.1) is 7.11 Å². The van der Waals surface area contributed by atoms with E-state index in [1.54, 1.807) is 11.6 Å². The van der Waals surface area contributed by atoms with E-state index in [4.69, 9.17) is 9.47 Å². The van der Waals surface area contributed by atoms with E-state index in [0.717, 1.165) is 0 Å². The summed E-state index contributed by atoms with van der Waals surface area (Å²) >= 11 is 1.23. The molecular formula is C9H10NO3S. The number of esters is 1. The fourth-order valence-corrected chi connectivity index (χ4v) is 1.26. The summed E-state index contributed by atoms with van der Waals surface area (Å²) in [5, 5.41) is 2.03. The van der Waals surface area contributed by atoms with Crippen LogP contribution in [0, 0.1) is 6.92 Å². The van der Waals surface area contributed by atoms with Gasteiger partial charge >= 0.3 is 5.97 Å². The Bertz CT molecular complexity index is 319. The molecule has 1 rings (SSSR count). The summed E-state index contributed by atoms with van der Waals surface area (Å²) in [5.74, 6) is -0.0975. The molecule has 1 radical (unpaired) electrons. The number of aromatic nitrogens is 1. The topological polar surface area (TPSA) is 48.4 Å². The van der Waals surface area contributed by atoms with E-state index >= 15 is 0 Å². The molecule has 0 saturated carbocycles. The predicted octanol–water partition coefficient (Wildman–Crippen LogP) is 2.01. The van der Waals surface area contributed by atoms with Crippen molar-refractivity contribution in [2.75, 3.05) is 7.11 Å². The number of rotatable bonds is 4. The zero-order valence-corrected chi connectivity index (χ0v) is 8.54. The SMILES string of the molecule is [CH2]C/C(=C\OC)OC(=O)c1nccs1. The Hall–Kier alpha value is -1.36. The summed E-state index contributed by atoms with van der Waals surface area (Å²) < 4.78 is 9.68. The van der Waals surface area contributed by atoms with Gasteiger partial charge in [0.1, 0.15) is 12.0 Å². The van der Waals surface area contributed by atoms with Crippen LogP contribution < -0.4 is 0 Å². The third kappa shape index (κ3) is 2.85. The first-order valence-electron chi connectivity index (χ1n) is 3.90. The van der Waals surface area contributed by atoms with Crippen LogP contribution in [0.4, 0.5) is 0 Å². The van der Waals surface area contributed by atoms with Crippen molar-refractivity contribution in [3.05, 3.63) is 35.5 Å². The van der Waals surface area contributed by atoms with Gasteiger partial charge in [0.25, 0.3) is 0 Å². The van der Waals surface area contributed by atoms with Crippen molar-refractivity contribution in [3.63, 3.8) is 0 Å². The van der Waals surface area contributed by atoms with Crippen LogP contribution in [0.25, 0.3) is 0 Å². The van der Waals surface area contributed by atoms with Crippen LogP contribution in [-0.4, -0.2) is 18.1 Å². The molecule has 0 spiro atoms. The first-order valence-corrected chi connectivity index (χ1v) is 4.78. The minimum absolute atomic E-state index is 0.320. The Kier molecular flexibility index (Phi) is 4.12. The molecule has 75 valence electrons. The largest absolute Gasteiger partial charge is 0.501 e. The molecule has 5 heteroatoms. The number of nitrogens with zero attached hydrogens (tertiary/aromatic N) is 1. The quantitative estimate of drug-likeness (QED) is 0.566. The van der Waals surface area contributed by atoms with Crippen LogP contribution in [0.15, 0.2) is 23.6 Å². The number of hydrogen-bond donors (Lipinski definition) is 0. The van der Waals surface area contributed by atoms with Crippen LogP contribution in [0.2, 0.25) is 0 Å². The first kappa shape index (κ1) is 10.7. The Morgan fingerprint density at radius 1 is 1.79 bits per heavy atom. The summed E-state index contributed by atoms with van der Waals surface area (Å²) in [4.78, 5) is 15.2. The Balaban J connectivity index is 2.60. The lowest BCUT2D eigenvalue weighted by atomic mass is 10.4. The molecular weight excluding hydrogens is 202 g/mol. The summed E-state index contributed by atoms with van der Waals surface area (Å²) in [6, 6.07) is 0. The molecule has 4 nitrogen and oxygen atoms in total. The Morgan fingerprint density at radius 2 is 2.57 bits per heavy atom.